The Morgan fingerprint density at radius 2 is 1.63 bits per heavy atom. The summed E-state index contributed by atoms with van der Waals surface area (Å²) in [5, 5.41) is 2.89. The van der Waals surface area contributed by atoms with Crippen LogP contribution >= 0.6 is 0 Å². The molecule has 2 saturated heterocycles. The molecule has 2 atom stereocenters. The van der Waals surface area contributed by atoms with E-state index < -0.39 is 10.0 Å². The Balaban J connectivity index is 1.58. The third kappa shape index (κ3) is 5.30. The first kappa shape index (κ1) is 20.3. The van der Waals surface area contributed by atoms with Gasteiger partial charge >= 0.3 is 0 Å². The van der Waals surface area contributed by atoms with E-state index in [0.29, 0.717) is 42.1 Å². The minimum Gasteiger partial charge on any atom is -0.325 e. The second kappa shape index (κ2) is 8.71. The Bertz CT molecular complexity index is 732. The fraction of sp³-hybridized carbons (Fsp3) is 0.650. The van der Waals surface area contributed by atoms with Gasteiger partial charge in [-0.1, -0.05) is 20.3 Å². The number of hydrogen-bond acceptors (Lipinski definition) is 4. The van der Waals surface area contributed by atoms with Crippen molar-refractivity contribution in [3.63, 3.8) is 0 Å². The van der Waals surface area contributed by atoms with Gasteiger partial charge in [0.1, 0.15) is 0 Å². The van der Waals surface area contributed by atoms with Crippen LogP contribution < -0.4 is 5.32 Å². The molecule has 7 heteroatoms. The maximum Gasteiger partial charge on any atom is 0.243 e. The minimum absolute atomic E-state index is 0.0528. The van der Waals surface area contributed by atoms with Crippen LogP contribution in [0.5, 0.6) is 0 Å². The number of amides is 1. The van der Waals surface area contributed by atoms with E-state index in [2.05, 4.69) is 24.1 Å². The van der Waals surface area contributed by atoms with Gasteiger partial charge < -0.3 is 5.32 Å². The van der Waals surface area contributed by atoms with Gasteiger partial charge in [-0.15, -0.1) is 0 Å². The van der Waals surface area contributed by atoms with Crippen LogP contribution in [0.1, 0.15) is 39.5 Å². The van der Waals surface area contributed by atoms with Crippen molar-refractivity contribution in [2.24, 2.45) is 11.8 Å². The number of anilines is 1. The predicted octanol–water partition coefficient (Wildman–Crippen LogP) is 2.78. The molecule has 150 valence electrons. The Kier molecular flexibility index (Phi) is 6.55. The number of sulfonamides is 1. The zero-order chi connectivity index (χ0) is 19.4. The zero-order valence-corrected chi connectivity index (χ0v) is 17.2. The molecule has 1 amide bonds. The lowest BCUT2D eigenvalue weighted by Crippen LogP contribution is -2.42. The summed E-state index contributed by atoms with van der Waals surface area (Å²) in [6, 6.07) is 6.53. The van der Waals surface area contributed by atoms with Crippen molar-refractivity contribution in [2.75, 3.05) is 38.0 Å². The van der Waals surface area contributed by atoms with E-state index in [-0.39, 0.29) is 5.91 Å². The van der Waals surface area contributed by atoms with E-state index >= 15 is 0 Å². The summed E-state index contributed by atoms with van der Waals surface area (Å²) in [6.07, 6.45) is 4.14. The highest BCUT2D eigenvalue weighted by Crippen LogP contribution is 2.23. The minimum atomic E-state index is -3.43. The van der Waals surface area contributed by atoms with Crippen molar-refractivity contribution in [3.05, 3.63) is 24.3 Å². The van der Waals surface area contributed by atoms with E-state index in [1.807, 2.05) is 0 Å². The number of nitrogens with zero attached hydrogens (tertiary/aromatic N) is 2. The Hall–Kier alpha value is -1.44. The summed E-state index contributed by atoms with van der Waals surface area (Å²) in [4.78, 5) is 14.8. The molecule has 2 fully saturated rings. The highest BCUT2D eigenvalue weighted by atomic mass is 32.2. The molecule has 1 aromatic carbocycles. The molecule has 1 N–H and O–H groups in total. The van der Waals surface area contributed by atoms with Crippen LogP contribution in [0.2, 0.25) is 0 Å². The average Bonchev–Trinajstić information content (AvgIpc) is 2.62. The van der Waals surface area contributed by atoms with Crippen LogP contribution in [0.4, 0.5) is 5.69 Å². The van der Waals surface area contributed by atoms with Gasteiger partial charge in [0.15, 0.2) is 0 Å². The third-order valence-electron chi connectivity index (χ3n) is 5.40. The predicted molar refractivity (Wildman–Crippen MR) is 107 cm³/mol. The number of benzene rings is 1. The molecular formula is C20H31N3O3S. The summed E-state index contributed by atoms with van der Waals surface area (Å²) < 4.78 is 26.9. The lowest BCUT2D eigenvalue weighted by molar-refractivity contribution is -0.117. The second-order valence-corrected chi connectivity index (χ2v) is 10.1. The highest BCUT2D eigenvalue weighted by Gasteiger charge is 2.26. The van der Waals surface area contributed by atoms with Gasteiger partial charge in [-0.25, -0.2) is 8.42 Å². The highest BCUT2D eigenvalue weighted by molar-refractivity contribution is 7.89. The SMILES string of the molecule is CC1CC(C)CN(CC(=O)Nc2ccc(S(=O)(=O)N3CCCCC3)cc2)C1. The van der Waals surface area contributed by atoms with E-state index in [4.69, 9.17) is 0 Å². The second-order valence-electron chi connectivity index (χ2n) is 8.18. The van der Waals surface area contributed by atoms with E-state index in [1.54, 1.807) is 28.6 Å². The number of carbonyl (C=O) groups excluding carboxylic acids is 1. The largest absolute Gasteiger partial charge is 0.325 e. The molecule has 0 radical (unpaired) electrons. The summed E-state index contributed by atoms with van der Waals surface area (Å²) in [7, 11) is -3.43. The first-order valence-corrected chi connectivity index (χ1v) is 11.4. The van der Waals surface area contributed by atoms with Crippen molar-refractivity contribution >= 4 is 21.6 Å². The molecular weight excluding hydrogens is 362 g/mol. The van der Waals surface area contributed by atoms with Crippen molar-refractivity contribution in [2.45, 2.75) is 44.4 Å². The van der Waals surface area contributed by atoms with E-state index in [0.717, 1.165) is 32.4 Å². The maximum absolute atomic E-state index is 12.7. The molecule has 0 spiro atoms. The Morgan fingerprint density at radius 1 is 1.04 bits per heavy atom. The Morgan fingerprint density at radius 3 is 2.22 bits per heavy atom. The van der Waals surface area contributed by atoms with Crippen molar-refractivity contribution in [1.29, 1.82) is 0 Å². The lowest BCUT2D eigenvalue weighted by atomic mass is 9.92. The topological polar surface area (TPSA) is 69.7 Å². The first-order valence-electron chi connectivity index (χ1n) is 9.97. The quantitative estimate of drug-likeness (QED) is 0.835. The fourth-order valence-corrected chi connectivity index (χ4v) is 5.81. The van der Waals surface area contributed by atoms with Crippen LogP contribution in [-0.2, 0) is 14.8 Å². The molecule has 2 aliphatic heterocycles. The number of rotatable bonds is 5. The fourth-order valence-electron chi connectivity index (χ4n) is 4.29. The van der Waals surface area contributed by atoms with Crippen LogP contribution in [0, 0.1) is 11.8 Å². The number of likely N-dealkylation sites (tertiary alicyclic amines) is 1. The molecule has 2 aliphatic rings. The molecule has 0 bridgehead atoms. The summed E-state index contributed by atoms with van der Waals surface area (Å²) in [5.41, 5.74) is 0.635. The molecule has 27 heavy (non-hydrogen) atoms. The number of piperidine rings is 2. The Labute approximate surface area is 163 Å². The molecule has 2 unspecified atom stereocenters. The van der Waals surface area contributed by atoms with Gasteiger partial charge in [0, 0.05) is 31.9 Å². The number of nitrogens with one attached hydrogen (secondary N) is 1. The molecule has 2 heterocycles. The molecule has 1 aromatic rings. The number of hydrogen-bond donors (Lipinski definition) is 1. The van der Waals surface area contributed by atoms with Crippen LogP contribution in [0.3, 0.4) is 0 Å². The smallest absolute Gasteiger partial charge is 0.243 e. The van der Waals surface area contributed by atoms with Crippen LogP contribution in [0.25, 0.3) is 0 Å². The molecule has 0 aliphatic carbocycles. The number of carbonyl (C=O) groups is 1. The van der Waals surface area contributed by atoms with Gasteiger partial charge in [-0.3, -0.25) is 9.69 Å². The summed E-state index contributed by atoms with van der Waals surface area (Å²) >= 11 is 0. The standard InChI is InChI=1S/C20H31N3O3S/c1-16-12-17(2)14-22(13-16)15-20(24)21-18-6-8-19(9-7-18)27(25,26)23-10-4-3-5-11-23/h6-9,16-17H,3-5,10-15H2,1-2H3,(H,21,24). The van der Waals surface area contributed by atoms with E-state index in [1.165, 1.54) is 6.42 Å². The maximum atomic E-state index is 12.7. The van der Waals surface area contributed by atoms with Gasteiger partial charge in [0.05, 0.1) is 11.4 Å². The van der Waals surface area contributed by atoms with Gasteiger partial charge in [0.25, 0.3) is 0 Å². The van der Waals surface area contributed by atoms with Gasteiger partial charge in [-0.05, 0) is 55.4 Å². The third-order valence-corrected chi connectivity index (χ3v) is 7.32. The summed E-state index contributed by atoms with van der Waals surface area (Å²) in [6.45, 7) is 7.91. The molecule has 0 aromatic heterocycles. The van der Waals surface area contributed by atoms with Crippen LogP contribution in [0.15, 0.2) is 29.2 Å². The van der Waals surface area contributed by atoms with Gasteiger partial charge in [-0.2, -0.15) is 4.31 Å². The van der Waals surface area contributed by atoms with Crippen molar-refractivity contribution in [3.8, 4) is 0 Å². The van der Waals surface area contributed by atoms with E-state index in [9.17, 15) is 13.2 Å². The molecule has 6 nitrogen and oxygen atoms in total. The van der Waals surface area contributed by atoms with Gasteiger partial charge in [0.2, 0.25) is 15.9 Å². The molecule has 0 saturated carbocycles. The first-order chi connectivity index (χ1) is 12.8. The average molecular weight is 394 g/mol. The van der Waals surface area contributed by atoms with Crippen molar-refractivity contribution < 1.29 is 13.2 Å². The van der Waals surface area contributed by atoms with Crippen molar-refractivity contribution in [1.82, 2.24) is 9.21 Å². The molecule has 3 rings (SSSR count). The van der Waals surface area contributed by atoms with Crippen LogP contribution in [-0.4, -0.2) is 56.3 Å². The normalized spacial score (nSPS) is 25.3. The zero-order valence-electron chi connectivity index (χ0n) is 16.4. The summed E-state index contributed by atoms with van der Waals surface area (Å²) in [5.74, 6) is 1.17. The monoisotopic (exact) mass is 393 g/mol. The lowest BCUT2D eigenvalue weighted by Gasteiger charge is -2.34.